The highest BCUT2D eigenvalue weighted by molar-refractivity contribution is 5.83. The minimum atomic E-state index is -0.389. The Bertz CT molecular complexity index is 479. The maximum absolute atomic E-state index is 10.5. The summed E-state index contributed by atoms with van der Waals surface area (Å²) in [5.41, 5.74) is 0.980. The van der Waals surface area contributed by atoms with E-state index in [0.717, 1.165) is 5.39 Å². The molecule has 1 heterocycles. The molecule has 0 fully saturated rings. The number of para-hydroxylation sites is 1. The molecule has 1 radical (unpaired) electrons. The number of rotatable bonds is 1. The Balaban J connectivity index is 2.76. The third kappa shape index (κ3) is 1.17. The maximum atomic E-state index is 10.5. The smallest absolute Gasteiger partial charge is 0.152 e. The van der Waals surface area contributed by atoms with Crippen LogP contribution in [-0.4, -0.2) is 0 Å². The van der Waals surface area contributed by atoms with E-state index in [2.05, 4.69) is 0 Å². The van der Waals surface area contributed by atoms with Crippen molar-refractivity contribution >= 4 is 11.0 Å². The second-order valence-electron chi connectivity index (χ2n) is 2.69. The van der Waals surface area contributed by atoms with Crippen molar-refractivity contribution in [3.05, 3.63) is 35.6 Å². The van der Waals surface area contributed by atoms with Crippen LogP contribution in [0.2, 0.25) is 0 Å². The molecule has 0 unspecified atom stereocenters. The van der Waals surface area contributed by atoms with Gasteiger partial charge in [0.1, 0.15) is 18.4 Å². The molecule has 3 heteroatoms. The number of fused-ring (bicyclic) bond motifs is 1. The van der Waals surface area contributed by atoms with Crippen LogP contribution in [0.4, 0.5) is 0 Å². The molecule has 0 atom stereocenters. The first-order valence-electron chi connectivity index (χ1n) is 3.85. The Morgan fingerprint density at radius 1 is 1.46 bits per heavy atom. The molecule has 0 aliphatic carbocycles. The van der Waals surface area contributed by atoms with Gasteiger partial charge in [-0.3, -0.25) is 0 Å². The molecule has 0 saturated heterocycles. The van der Waals surface area contributed by atoms with Crippen LogP contribution in [0.15, 0.2) is 28.7 Å². The number of nitriles is 1. The third-order valence-corrected chi connectivity index (χ3v) is 1.86. The molecule has 0 N–H and O–H groups in total. The molecule has 0 saturated carbocycles. The second-order valence-corrected chi connectivity index (χ2v) is 2.69. The third-order valence-electron chi connectivity index (χ3n) is 1.86. The first-order chi connectivity index (χ1) is 6.35. The number of furan rings is 1. The van der Waals surface area contributed by atoms with E-state index >= 15 is 0 Å². The number of hydrogen-bond donors (Lipinski definition) is 0. The molecule has 0 aliphatic heterocycles. The molecule has 2 rings (SSSR count). The van der Waals surface area contributed by atoms with Gasteiger partial charge in [0, 0.05) is 5.39 Å². The summed E-state index contributed by atoms with van der Waals surface area (Å²) in [4.78, 5) is 0. The normalized spacial score (nSPS) is 10.2. The molecule has 0 spiro atoms. The van der Waals surface area contributed by atoms with Gasteiger partial charge in [0.25, 0.3) is 0 Å². The highest BCUT2D eigenvalue weighted by Crippen LogP contribution is 2.22. The quantitative estimate of drug-likeness (QED) is 0.662. The zero-order valence-corrected chi connectivity index (χ0v) is 6.78. The Hall–Kier alpha value is -1.79. The van der Waals surface area contributed by atoms with Crippen LogP contribution < -0.4 is 0 Å². The van der Waals surface area contributed by atoms with Gasteiger partial charge in [-0.05, 0) is 12.1 Å². The number of hydrogen-bond acceptors (Lipinski definition) is 2. The highest BCUT2D eigenvalue weighted by atomic mass is 16.4. The molecule has 0 bridgehead atoms. The molecule has 3 nitrogen and oxygen atoms in total. The fourth-order valence-corrected chi connectivity index (χ4v) is 1.28. The van der Waals surface area contributed by atoms with Gasteiger partial charge in [-0.25, -0.2) is 5.11 Å². The number of benzene rings is 1. The first kappa shape index (κ1) is 7.84. The summed E-state index contributed by atoms with van der Waals surface area (Å²) in [5.74, 6) is 0.373. The lowest BCUT2D eigenvalue weighted by Crippen LogP contribution is -1.73. The van der Waals surface area contributed by atoms with Crippen LogP contribution in [0, 0.1) is 11.3 Å². The van der Waals surface area contributed by atoms with Crippen LogP contribution >= 0.6 is 0 Å². The SMILES string of the molecule is N#Cc1cccc2cc(C[O])oc12. The molecule has 13 heavy (non-hydrogen) atoms. The standard InChI is InChI=1S/C10H6NO2/c11-5-8-3-1-2-7-4-9(6-12)13-10(7)8/h1-4H,6H2. The van der Waals surface area contributed by atoms with E-state index in [1.165, 1.54) is 0 Å². The van der Waals surface area contributed by atoms with Gasteiger partial charge in [0.05, 0.1) is 5.56 Å². The van der Waals surface area contributed by atoms with Crippen molar-refractivity contribution < 1.29 is 9.52 Å². The van der Waals surface area contributed by atoms with Crippen LogP contribution in [0.3, 0.4) is 0 Å². The van der Waals surface area contributed by atoms with Crippen molar-refractivity contribution in [3.8, 4) is 6.07 Å². The van der Waals surface area contributed by atoms with Crippen molar-refractivity contribution in [2.45, 2.75) is 6.61 Å². The zero-order chi connectivity index (χ0) is 9.26. The highest BCUT2D eigenvalue weighted by Gasteiger charge is 2.06. The predicted molar refractivity (Wildman–Crippen MR) is 45.3 cm³/mol. The minimum Gasteiger partial charge on any atom is -0.457 e. The van der Waals surface area contributed by atoms with Gasteiger partial charge in [0.15, 0.2) is 5.58 Å². The van der Waals surface area contributed by atoms with Crippen molar-refractivity contribution in [1.82, 2.24) is 0 Å². The van der Waals surface area contributed by atoms with E-state index in [0.29, 0.717) is 16.9 Å². The predicted octanol–water partition coefficient (Wildman–Crippen LogP) is 2.23. The Labute approximate surface area is 74.8 Å². The average Bonchev–Trinajstić information content (AvgIpc) is 2.59. The lowest BCUT2D eigenvalue weighted by Gasteiger charge is -1.89. The summed E-state index contributed by atoms with van der Waals surface area (Å²) < 4.78 is 5.20. The molecule has 0 aliphatic rings. The summed E-state index contributed by atoms with van der Waals surface area (Å²) in [6.45, 7) is -0.389. The van der Waals surface area contributed by atoms with E-state index in [1.807, 2.05) is 12.1 Å². The minimum absolute atomic E-state index is 0.373. The molecule has 2 aromatic rings. The van der Waals surface area contributed by atoms with Crippen LogP contribution in [0.25, 0.3) is 11.0 Å². The van der Waals surface area contributed by atoms with Crippen molar-refractivity contribution in [2.24, 2.45) is 0 Å². The first-order valence-corrected chi connectivity index (χ1v) is 3.85. The van der Waals surface area contributed by atoms with Crippen LogP contribution in [0.1, 0.15) is 11.3 Å². The van der Waals surface area contributed by atoms with E-state index < -0.39 is 0 Å². The fourth-order valence-electron chi connectivity index (χ4n) is 1.28. The Morgan fingerprint density at radius 3 is 3.00 bits per heavy atom. The molecule has 0 amide bonds. The summed E-state index contributed by atoms with van der Waals surface area (Å²) in [6.07, 6.45) is 0. The lowest BCUT2D eigenvalue weighted by molar-refractivity contribution is 0.157. The zero-order valence-electron chi connectivity index (χ0n) is 6.78. The largest absolute Gasteiger partial charge is 0.457 e. The van der Waals surface area contributed by atoms with E-state index in [4.69, 9.17) is 9.68 Å². The molecule has 1 aromatic carbocycles. The van der Waals surface area contributed by atoms with Crippen molar-refractivity contribution in [2.75, 3.05) is 0 Å². The Morgan fingerprint density at radius 2 is 2.31 bits per heavy atom. The summed E-state index contributed by atoms with van der Waals surface area (Å²) >= 11 is 0. The van der Waals surface area contributed by atoms with Gasteiger partial charge in [-0.1, -0.05) is 12.1 Å². The summed E-state index contributed by atoms with van der Waals surface area (Å²) in [7, 11) is 0. The van der Waals surface area contributed by atoms with Gasteiger partial charge >= 0.3 is 0 Å². The monoisotopic (exact) mass is 172 g/mol. The van der Waals surface area contributed by atoms with E-state index in [9.17, 15) is 5.11 Å². The topological polar surface area (TPSA) is 56.8 Å². The molecule has 1 aromatic heterocycles. The Kier molecular flexibility index (Phi) is 1.76. The van der Waals surface area contributed by atoms with Crippen molar-refractivity contribution in [1.29, 1.82) is 5.26 Å². The lowest BCUT2D eigenvalue weighted by atomic mass is 10.2. The number of nitrogens with zero attached hydrogens (tertiary/aromatic N) is 1. The van der Waals surface area contributed by atoms with Gasteiger partial charge in [0.2, 0.25) is 0 Å². The van der Waals surface area contributed by atoms with E-state index in [-0.39, 0.29) is 6.61 Å². The molecular weight excluding hydrogens is 166 g/mol. The van der Waals surface area contributed by atoms with Crippen molar-refractivity contribution in [3.63, 3.8) is 0 Å². The van der Waals surface area contributed by atoms with Crippen LogP contribution in [-0.2, 0) is 11.7 Å². The summed E-state index contributed by atoms with van der Waals surface area (Å²) in [6, 6.07) is 8.94. The van der Waals surface area contributed by atoms with Gasteiger partial charge in [-0.15, -0.1) is 0 Å². The molecular formula is C10H6NO2. The van der Waals surface area contributed by atoms with E-state index in [1.54, 1.807) is 18.2 Å². The van der Waals surface area contributed by atoms with Gasteiger partial charge < -0.3 is 4.42 Å². The summed E-state index contributed by atoms with van der Waals surface area (Å²) in [5, 5.41) is 20.1. The molecule has 63 valence electrons. The second kappa shape index (κ2) is 2.92. The van der Waals surface area contributed by atoms with Crippen LogP contribution in [0.5, 0.6) is 0 Å². The van der Waals surface area contributed by atoms with Gasteiger partial charge in [-0.2, -0.15) is 5.26 Å². The fraction of sp³-hybridized carbons (Fsp3) is 0.100. The maximum Gasteiger partial charge on any atom is 0.152 e. The average molecular weight is 172 g/mol.